The van der Waals surface area contributed by atoms with Gasteiger partial charge in [-0.25, -0.2) is 0 Å². The molecule has 0 radical (unpaired) electrons. The van der Waals surface area contributed by atoms with Crippen molar-refractivity contribution in [2.45, 2.75) is 43.9 Å². The Morgan fingerprint density at radius 1 is 0.500 bits per heavy atom. The Labute approximate surface area is 183 Å². The van der Waals surface area contributed by atoms with Crippen molar-refractivity contribution in [2.75, 3.05) is 6.16 Å². The van der Waals surface area contributed by atoms with Crippen LogP contribution in [0, 0.1) is 0 Å². The van der Waals surface area contributed by atoms with Crippen molar-refractivity contribution >= 4 is 26.2 Å². The molecule has 3 rings (SSSR count). The van der Waals surface area contributed by atoms with E-state index in [4.69, 9.17) is 0 Å². The maximum absolute atomic E-state index is 2.84. The number of hydrogen-bond acceptors (Lipinski definition) is 0. The first-order chi connectivity index (χ1) is 13.4. The summed E-state index contributed by atoms with van der Waals surface area (Å²) in [6.07, 6.45) is 8.93. The molecule has 2 heteroatoms. The Morgan fingerprint density at radius 3 is 1.25 bits per heavy atom. The van der Waals surface area contributed by atoms with Crippen LogP contribution >= 0.6 is 26.2 Å². The van der Waals surface area contributed by atoms with Gasteiger partial charge in [0.2, 0.25) is 0 Å². The molecule has 148 valence electrons. The fraction of sp³-hybridized carbons (Fsp3) is 0.308. The molecule has 0 heterocycles. The molecule has 1 unspecified atom stereocenters. The predicted molar refractivity (Wildman–Crippen MR) is 132 cm³/mol. The summed E-state index contributed by atoms with van der Waals surface area (Å²) >= 11 is 0. The van der Waals surface area contributed by atoms with Gasteiger partial charge in [-0.05, 0) is 35.7 Å². The van der Waals surface area contributed by atoms with Crippen molar-refractivity contribution in [3.8, 4) is 0 Å². The molecule has 0 spiro atoms. The maximum atomic E-state index is 2.84. The summed E-state index contributed by atoms with van der Waals surface area (Å²) in [6.45, 7) is 0. The molecule has 0 saturated carbocycles. The fourth-order valence-electron chi connectivity index (χ4n) is 4.17. The number of halogens is 1. The van der Waals surface area contributed by atoms with Gasteiger partial charge >= 0.3 is 0 Å². The predicted octanol–water partition coefficient (Wildman–Crippen LogP) is 7.81. The number of rotatable bonds is 10. The van der Waals surface area contributed by atoms with Crippen molar-refractivity contribution in [1.29, 1.82) is 0 Å². The average Bonchev–Trinajstić information content (AvgIpc) is 2.75. The number of hydrogen-bond donors (Lipinski definition) is 0. The van der Waals surface area contributed by atoms with E-state index < -0.39 is 0 Å². The summed E-state index contributed by atoms with van der Waals surface area (Å²) in [5.41, 5.74) is 4.11. The molecular weight excluding hydrogens is 423 g/mol. The van der Waals surface area contributed by atoms with E-state index in [0.29, 0.717) is 0 Å². The summed E-state index contributed by atoms with van der Waals surface area (Å²) in [7, 11) is 2.84. The summed E-state index contributed by atoms with van der Waals surface area (Å²) in [6, 6.07) is 33.2. The Kier molecular flexibility index (Phi) is 9.96. The zero-order chi connectivity index (χ0) is 18.8. The highest BCUT2D eigenvalue weighted by atomic mass is 79.9. The van der Waals surface area contributed by atoms with Gasteiger partial charge in [-0.1, -0.05) is 117 Å². The minimum atomic E-state index is -0.0790. The van der Waals surface area contributed by atoms with Crippen LogP contribution in [0.2, 0.25) is 0 Å². The summed E-state index contributed by atoms with van der Waals surface area (Å²) in [5.74, 6) is 0. The van der Waals surface area contributed by atoms with Crippen LogP contribution in [0.15, 0.2) is 91.0 Å². The lowest BCUT2D eigenvalue weighted by atomic mass is 9.66. The van der Waals surface area contributed by atoms with Gasteiger partial charge < -0.3 is 0 Å². The second kappa shape index (κ2) is 12.2. The monoisotopic (exact) mass is 454 g/mol. The van der Waals surface area contributed by atoms with E-state index in [0.717, 1.165) is 6.42 Å². The molecule has 0 aliphatic heterocycles. The molecule has 0 amide bonds. The fourth-order valence-corrected chi connectivity index (χ4v) is 4.45. The summed E-state index contributed by atoms with van der Waals surface area (Å²) in [4.78, 5) is 0. The maximum Gasteiger partial charge on any atom is 0.0451 e. The Bertz CT molecular complexity index is 675. The first-order valence-electron chi connectivity index (χ1n) is 10.2. The van der Waals surface area contributed by atoms with Crippen molar-refractivity contribution < 1.29 is 0 Å². The van der Waals surface area contributed by atoms with Crippen molar-refractivity contribution in [1.82, 2.24) is 0 Å². The lowest BCUT2D eigenvalue weighted by molar-refractivity contribution is 0.502. The highest BCUT2D eigenvalue weighted by molar-refractivity contribution is 8.93. The van der Waals surface area contributed by atoms with E-state index in [1.165, 1.54) is 55.0 Å². The highest BCUT2D eigenvalue weighted by Crippen LogP contribution is 2.43. The second-order valence-corrected chi connectivity index (χ2v) is 7.89. The third kappa shape index (κ3) is 5.56. The zero-order valence-electron chi connectivity index (χ0n) is 16.6. The first-order valence-corrected chi connectivity index (χ1v) is 11.1. The Balaban J connectivity index is 0.00000280. The molecule has 0 aliphatic rings. The normalized spacial score (nSPS) is 11.0. The average molecular weight is 455 g/mol. The zero-order valence-corrected chi connectivity index (χ0v) is 19.5. The molecule has 0 saturated heterocycles. The third-order valence-corrected chi connectivity index (χ3v) is 5.96. The van der Waals surface area contributed by atoms with E-state index in [-0.39, 0.29) is 22.4 Å². The molecule has 3 aromatic rings. The van der Waals surface area contributed by atoms with Gasteiger partial charge in [-0.15, -0.1) is 26.2 Å². The summed E-state index contributed by atoms with van der Waals surface area (Å²) in [5, 5.41) is 0. The largest absolute Gasteiger partial charge is 0.138 e. The smallest absolute Gasteiger partial charge is 0.0451 e. The minimum Gasteiger partial charge on any atom is -0.138 e. The van der Waals surface area contributed by atoms with E-state index in [1.54, 1.807) is 0 Å². The quantitative estimate of drug-likeness (QED) is 0.166. The van der Waals surface area contributed by atoms with E-state index in [1.807, 2.05) is 0 Å². The standard InChI is InChI=1S/C26H31P.BrH/c27-22-14-3-1-2-13-21-26(23-15-7-4-8-16-23,24-17-9-5-10-18-24)25-19-11-6-12-20-25;/h4-12,15-20H,1-3,13-14,21-22,27H2;1H. The van der Waals surface area contributed by atoms with Crippen LogP contribution in [0.1, 0.15) is 55.2 Å². The SMILES string of the molecule is Br.PCCCCCCCC(c1ccccc1)(c1ccccc1)c1ccccc1. The third-order valence-electron chi connectivity index (χ3n) is 5.56. The minimum absolute atomic E-state index is 0. The first kappa shape index (κ1) is 22.9. The van der Waals surface area contributed by atoms with Crippen LogP contribution in [0.4, 0.5) is 0 Å². The second-order valence-electron chi connectivity index (χ2n) is 7.31. The van der Waals surface area contributed by atoms with Gasteiger partial charge in [0.05, 0.1) is 0 Å². The van der Waals surface area contributed by atoms with Crippen LogP contribution in [0.5, 0.6) is 0 Å². The van der Waals surface area contributed by atoms with Crippen LogP contribution in [0.25, 0.3) is 0 Å². The van der Waals surface area contributed by atoms with Crippen molar-refractivity contribution in [3.63, 3.8) is 0 Å². The summed E-state index contributed by atoms with van der Waals surface area (Å²) < 4.78 is 0. The van der Waals surface area contributed by atoms with Gasteiger partial charge in [-0.3, -0.25) is 0 Å². The molecule has 3 aromatic carbocycles. The molecule has 0 bridgehead atoms. The molecule has 28 heavy (non-hydrogen) atoms. The molecule has 0 nitrogen and oxygen atoms in total. The van der Waals surface area contributed by atoms with Crippen LogP contribution in [-0.4, -0.2) is 6.16 Å². The van der Waals surface area contributed by atoms with E-state index >= 15 is 0 Å². The lowest BCUT2D eigenvalue weighted by Crippen LogP contribution is -2.29. The highest BCUT2D eigenvalue weighted by Gasteiger charge is 2.35. The molecule has 0 fully saturated rings. The van der Waals surface area contributed by atoms with Crippen molar-refractivity contribution in [3.05, 3.63) is 108 Å². The van der Waals surface area contributed by atoms with Crippen LogP contribution in [0.3, 0.4) is 0 Å². The van der Waals surface area contributed by atoms with Gasteiger partial charge in [0.1, 0.15) is 0 Å². The molecule has 1 atom stereocenters. The van der Waals surface area contributed by atoms with E-state index in [9.17, 15) is 0 Å². The molecule has 0 aliphatic carbocycles. The molecular formula is C26H32BrP. The molecule has 0 N–H and O–H groups in total. The van der Waals surface area contributed by atoms with E-state index in [2.05, 4.69) is 100 Å². The Morgan fingerprint density at radius 2 is 0.857 bits per heavy atom. The van der Waals surface area contributed by atoms with Crippen LogP contribution in [-0.2, 0) is 5.41 Å². The lowest BCUT2D eigenvalue weighted by Gasteiger charge is -2.36. The van der Waals surface area contributed by atoms with Gasteiger partial charge in [0.15, 0.2) is 0 Å². The van der Waals surface area contributed by atoms with Gasteiger partial charge in [0, 0.05) is 5.41 Å². The van der Waals surface area contributed by atoms with Gasteiger partial charge in [0.25, 0.3) is 0 Å². The topological polar surface area (TPSA) is 0 Å². The molecule has 0 aromatic heterocycles. The Hall–Kier alpha value is -1.43. The van der Waals surface area contributed by atoms with Crippen LogP contribution < -0.4 is 0 Å². The van der Waals surface area contributed by atoms with Gasteiger partial charge in [-0.2, -0.15) is 0 Å². The number of unbranched alkanes of at least 4 members (excludes halogenated alkanes) is 4. The number of benzene rings is 3. The van der Waals surface area contributed by atoms with Crippen molar-refractivity contribution in [2.24, 2.45) is 0 Å².